The number of rotatable bonds is 5. The Bertz CT molecular complexity index is 735. The predicted molar refractivity (Wildman–Crippen MR) is 84.5 cm³/mol. The number of sulfonamides is 1. The van der Waals surface area contributed by atoms with Crippen LogP contribution >= 0.6 is 0 Å². The second-order valence-corrected chi connectivity index (χ2v) is 8.24. The molecule has 10 heteroatoms. The van der Waals surface area contributed by atoms with E-state index in [9.17, 15) is 26.4 Å². The third kappa shape index (κ3) is 4.93. The van der Waals surface area contributed by atoms with E-state index in [1.165, 1.54) is 20.2 Å². The van der Waals surface area contributed by atoms with Crippen LogP contribution in [0.15, 0.2) is 24.3 Å². The second kappa shape index (κ2) is 7.30. The number of hydrogen-bond acceptors (Lipinski definition) is 4. The first-order chi connectivity index (χ1) is 11.5. The normalized spacial score (nSPS) is 21.5. The summed E-state index contributed by atoms with van der Waals surface area (Å²) < 4.78 is 68.5. The molecule has 1 saturated heterocycles. The molecule has 1 heterocycles. The molecule has 0 unspecified atom stereocenters. The van der Waals surface area contributed by atoms with E-state index in [1.807, 2.05) is 0 Å². The summed E-state index contributed by atoms with van der Waals surface area (Å²) in [5.41, 5.74) is -1.06. The highest BCUT2D eigenvalue weighted by Crippen LogP contribution is 2.29. The zero-order chi connectivity index (χ0) is 18.8. The highest BCUT2D eigenvalue weighted by molar-refractivity contribution is 7.89. The van der Waals surface area contributed by atoms with Crippen LogP contribution in [0.1, 0.15) is 15.9 Å². The van der Waals surface area contributed by atoms with Crippen LogP contribution in [0.25, 0.3) is 0 Å². The number of hydrogen-bond donors (Lipinski definition) is 1. The van der Waals surface area contributed by atoms with Gasteiger partial charge in [0.2, 0.25) is 10.0 Å². The quantitative estimate of drug-likeness (QED) is 0.837. The van der Waals surface area contributed by atoms with Gasteiger partial charge in [0.05, 0.1) is 30.6 Å². The van der Waals surface area contributed by atoms with E-state index >= 15 is 0 Å². The van der Waals surface area contributed by atoms with Crippen LogP contribution < -0.4 is 5.32 Å². The predicted octanol–water partition coefficient (Wildman–Crippen LogP) is 1.34. The molecular formula is C15H19F3N2O4S. The van der Waals surface area contributed by atoms with Gasteiger partial charge < -0.3 is 10.1 Å². The second-order valence-electron chi connectivity index (χ2n) is 6.02. The Morgan fingerprint density at radius 3 is 2.60 bits per heavy atom. The van der Waals surface area contributed by atoms with Gasteiger partial charge in [-0.25, -0.2) is 12.7 Å². The van der Waals surface area contributed by atoms with Crippen molar-refractivity contribution in [3.63, 3.8) is 0 Å². The fraction of sp³-hybridized carbons (Fsp3) is 0.533. The number of nitrogens with zero attached hydrogens (tertiary/aromatic N) is 1. The van der Waals surface area contributed by atoms with E-state index in [0.717, 1.165) is 22.5 Å². The number of halogens is 3. The van der Waals surface area contributed by atoms with Crippen LogP contribution in [-0.2, 0) is 20.9 Å². The standard InChI is InChI=1S/C15H19F3N2O4S/c1-20(2)25(22,23)9-11-7-24-8-13(11)19-14(21)10-4-3-5-12(6-10)15(16,17)18/h3-6,11,13H,7-9H2,1-2H3,(H,19,21)/t11-,13+/m0/s1. The van der Waals surface area contributed by atoms with Crippen LogP contribution in [0.2, 0.25) is 0 Å². The smallest absolute Gasteiger partial charge is 0.379 e. The van der Waals surface area contributed by atoms with Gasteiger partial charge in [0, 0.05) is 25.6 Å². The first kappa shape index (κ1) is 19.7. The Hall–Kier alpha value is -1.65. The molecule has 1 fully saturated rings. The molecule has 2 rings (SSSR count). The van der Waals surface area contributed by atoms with E-state index in [4.69, 9.17) is 4.74 Å². The summed E-state index contributed by atoms with van der Waals surface area (Å²) in [6.07, 6.45) is -4.55. The topological polar surface area (TPSA) is 75.7 Å². The van der Waals surface area contributed by atoms with Gasteiger partial charge in [0.15, 0.2) is 0 Å². The maximum absolute atomic E-state index is 12.7. The number of benzene rings is 1. The van der Waals surface area contributed by atoms with Crippen molar-refractivity contribution in [2.45, 2.75) is 12.2 Å². The van der Waals surface area contributed by atoms with Gasteiger partial charge in [0.1, 0.15) is 0 Å². The van der Waals surface area contributed by atoms with Crippen molar-refractivity contribution in [2.24, 2.45) is 5.92 Å². The minimum Gasteiger partial charge on any atom is -0.379 e. The Kier molecular flexibility index (Phi) is 5.75. The van der Waals surface area contributed by atoms with E-state index in [-0.39, 0.29) is 24.5 Å². The Morgan fingerprint density at radius 2 is 2.00 bits per heavy atom. The van der Waals surface area contributed by atoms with Crippen LogP contribution in [0.3, 0.4) is 0 Å². The first-order valence-electron chi connectivity index (χ1n) is 7.47. The van der Waals surface area contributed by atoms with Gasteiger partial charge in [-0.05, 0) is 18.2 Å². The van der Waals surface area contributed by atoms with E-state index in [0.29, 0.717) is 0 Å². The first-order valence-corrected chi connectivity index (χ1v) is 9.07. The Morgan fingerprint density at radius 1 is 1.32 bits per heavy atom. The fourth-order valence-electron chi connectivity index (χ4n) is 2.43. The number of ether oxygens (including phenoxy) is 1. The van der Waals surface area contributed by atoms with Gasteiger partial charge in [0.25, 0.3) is 5.91 Å². The zero-order valence-corrected chi connectivity index (χ0v) is 14.5. The summed E-state index contributed by atoms with van der Waals surface area (Å²) >= 11 is 0. The Balaban J connectivity index is 2.09. The summed E-state index contributed by atoms with van der Waals surface area (Å²) in [6, 6.07) is 3.47. The molecule has 1 aliphatic rings. The highest BCUT2D eigenvalue weighted by atomic mass is 32.2. The van der Waals surface area contributed by atoms with Crippen LogP contribution in [0, 0.1) is 5.92 Å². The molecule has 1 aromatic rings. The molecule has 1 aliphatic heterocycles. The maximum atomic E-state index is 12.7. The van der Waals surface area contributed by atoms with E-state index in [1.54, 1.807) is 0 Å². The summed E-state index contributed by atoms with van der Waals surface area (Å²) in [4.78, 5) is 12.2. The van der Waals surface area contributed by atoms with Crippen molar-refractivity contribution in [1.29, 1.82) is 0 Å². The average Bonchev–Trinajstić information content (AvgIpc) is 2.92. The zero-order valence-electron chi connectivity index (χ0n) is 13.7. The molecule has 0 radical (unpaired) electrons. The van der Waals surface area contributed by atoms with Gasteiger partial charge in [-0.1, -0.05) is 6.07 Å². The van der Waals surface area contributed by atoms with Crippen LogP contribution in [-0.4, -0.2) is 57.7 Å². The van der Waals surface area contributed by atoms with Crippen LogP contribution in [0.4, 0.5) is 13.2 Å². The number of nitrogens with one attached hydrogen (secondary N) is 1. The van der Waals surface area contributed by atoms with Crippen molar-refractivity contribution in [3.05, 3.63) is 35.4 Å². The summed E-state index contributed by atoms with van der Waals surface area (Å²) in [5.74, 6) is -1.39. The third-order valence-electron chi connectivity index (χ3n) is 3.95. The number of alkyl halides is 3. The third-order valence-corrected chi connectivity index (χ3v) is 5.91. The molecule has 0 aromatic heterocycles. The number of carbonyl (C=O) groups excluding carboxylic acids is 1. The largest absolute Gasteiger partial charge is 0.416 e. The SMILES string of the molecule is CN(C)S(=O)(=O)C[C@@H]1COC[C@H]1NC(=O)c1cccc(C(F)(F)F)c1. The number of amides is 1. The lowest BCUT2D eigenvalue weighted by Crippen LogP contribution is -2.43. The van der Waals surface area contributed by atoms with Crippen molar-refractivity contribution in [2.75, 3.05) is 33.1 Å². The molecular weight excluding hydrogens is 361 g/mol. The molecule has 1 N–H and O–H groups in total. The van der Waals surface area contributed by atoms with Gasteiger partial charge in [-0.2, -0.15) is 13.2 Å². The molecule has 1 amide bonds. The van der Waals surface area contributed by atoms with Crippen molar-refractivity contribution >= 4 is 15.9 Å². The highest BCUT2D eigenvalue weighted by Gasteiger charge is 2.35. The lowest BCUT2D eigenvalue weighted by Gasteiger charge is -2.21. The lowest BCUT2D eigenvalue weighted by atomic mass is 10.0. The monoisotopic (exact) mass is 380 g/mol. The molecule has 6 nitrogen and oxygen atoms in total. The molecule has 140 valence electrons. The molecule has 0 bridgehead atoms. The molecule has 1 aromatic carbocycles. The van der Waals surface area contributed by atoms with Crippen molar-refractivity contribution < 1.29 is 31.1 Å². The van der Waals surface area contributed by atoms with Gasteiger partial charge in [-0.15, -0.1) is 0 Å². The van der Waals surface area contributed by atoms with E-state index < -0.39 is 39.6 Å². The maximum Gasteiger partial charge on any atom is 0.416 e. The molecule has 25 heavy (non-hydrogen) atoms. The summed E-state index contributed by atoms with van der Waals surface area (Å²) in [7, 11) is -0.680. The number of carbonyl (C=O) groups is 1. The fourth-order valence-corrected chi connectivity index (χ4v) is 3.60. The van der Waals surface area contributed by atoms with Gasteiger partial charge in [-0.3, -0.25) is 4.79 Å². The minimum absolute atomic E-state index is 0.109. The molecule has 2 atom stereocenters. The van der Waals surface area contributed by atoms with Gasteiger partial charge >= 0.3 is 6.18 Å². The Labute approximate surface area is 144 Å². The van der Waals surface area contributed by atoms with Crippen molar-refractivity contribution in [3.8, 4) is 0 Å². The molecule has 0 aliphatic carbocycles. The van der Waals surface area contributed by atoms with Crippen LogP contribution in [0.5, 0.6) is 0 Å². The minimum atomic E-state index is -4.55. The molecule has 0 spiro atoms. The lowest BCUT2D eigenvalue weighted by molar-refractivity contribution is -0.137. The average molecular weight is 380 g/mol. The van der Waals surface area contributed by atoms with E-state index in [2.05, 4.69) is 5.32 Å². The van der Waals surface area contributed by atoms with Crippen molar-refractivity contribution in [1.82, 2.24) is 9.62 Å². The summed E-state index contributed by atoms with van der Waals surface area (Å²) in [6.45, 7) is 0.263. The summed E-state index contributed by atoms with van der Waals surface area (Å²) in [5, 5.41) is 2.57. The molecule has 0 saturated carbocycles.